The highest BCUT2D eigenvalue weighted by molar-refractivity contribution is 6.30. The van der Waals surface area contributed by atoms with E-state index in [9.17, 15) is 4.39 Å². The first-order valence-corrected chi connectivity index (χ1v) is 6.34. The number of nitrogens with zero attached hydrogens (tertiary/aromatic N) is 3. The molecular weight excluding hydrogens is 269 g/mol. The van der Waals surface area contributed by atoms with Crippen LogP contribution in [0.5, 0.6) is 0 Å². The van der Waals surface area contributed by atoms with Crippen molar-refractivity contribution < 1.29 is 4.39 Å². The molecule has 1 aromatic carbocycles. The largest absolute Gasteiger partial charge is 0.271 e. The van der Waals surface area contributed by atoms with E-state index in [1.165, 1.54) is 6.07 Å². The summed E-state index contributed by atoms with van der Waals surface area (Å²) in [7, 11) is 0. The number of nitrogens with two attached hydrogens (primary N) is 1. The van der Waals surface area contributed by atoms with Gasteiger partial charge in [0, 0.05) is 6.54 Å². The van der Waals surface area contributed by atoms with Crippen LogP contribution < -0.4 is 11.3 Å². The quantitative estimate of drug-likeness (QED) is 0.651. The van der Waals surface area contributed by atoms with Crippen molar-refractivity contribution in [3.05, 3.63) is 46.5 Å². The summed E-state index contributed by atoms with van der Waals surface area (Å²) in [4.78, 5) is 0. The standard InChI is InChI=1S/C12H15ClFN5/c1-2-5-19-11(7-16-18-19)12(17-15)8-3-4-10(14)9(13)6-8/h3-4,6-7,12,17H,2,5,15H2,1H3. The summed E-state index contributed by atoms with van der Waals surface area (Å²) in [5.41, 5.74) is 4.25. The third-order valence-corrected chi connectivity index (χ3v) is 3.11. The Hall–Kier alpha value is -1.50. The van der Waals surface area contributed by atoms with Gasteiger partial charge < -0.3 is 0 Å². The van der Waals surface area contributed by atoms with E-state index in [0.29, 0.717) is 0 Å². The monoisotopic (exact) mass is 283 g/mol. The van der Waals surface area contributed by atoms with Gasteiger partial charge in [-0.25, -0.2) is 14.5 Å². The number of hydrogen-bond acceptors (Lipinski definition) is 4. The normalized spacial score (nSPS) is 12.6. The average Bonchev–Trinajstić information content (AvgIpc) is 2.83. The van der Waals surface area contributed by atoms with E-state index in [0.717, 1.165) is 24.2 Å². The van der Waals surface area contributed by atoms with Crippen LogP contribution in [0.25, 0.3) is 0 Å². The third-order valence-electron chi connectivity index (χ3n) is 2.82. The van der Waals surface area contributed by atoms with Gasteiger partial charge in [-0.3, -0.25) is 5.84 Å². The van der Waals surface area contributed by atoms with Gasteiger partial charge >= 0.3 is 0 Å². The van der Waals surface area contributed by atoms with Crippen LogP contribution in [0.3, 0.4) is 0 Å². The van der Waals surface area contributed by atoms with Crippen molar-refractivity contribution in [3.63, 3.8) is 0 Å². The number of aromatic nitrogens is 3. The van der Waals surface area contributed by atoms with E-state index in [1.807, 2.05) is 6.92 Å². The number of hydrazine groups is 1. The minimum absolute atomic E-state index is 0.0623. The maximum atomic E-state index is 13.2. The fourth-order valence-electron chi connectivity index (χ4n) is 1.92. The molecule has 1 unspecified atom stereocenters. The molecule has 2 rings (SSSR count). The number of hydrogen-bond donors (Lipinski definition) is 2. The van der Waals surface area contributed by atoms with Crippen molar-refractivity contribution in [1.29, 1.82) is 0 Å². The minimum atomic E-state index is -0.457. The fraction of sp³-hybridized carbons (Fsp3) is 0.333. The topological polar surface area (TPSA) is 68.8 Å². The smallest absolute Gasteiger partial charge is 0.141 e. The first kappa shape index (κ1) is 13.9. The fourth-order valence-corrected chi connectivity index (χ4v) is 2.11. The summed E-state index contributed by atoms with van der Waals surface area (Å²) >= 11 is 5.80. The zero-order valence-electron chi connectivity index (χ0n) is 10.5. The molecule has 1 heterocycles. The summed E-state index contributed by atoms with van der Waals surface area (Å²) in [6, 6.07) is 4.16. The summed E-state index contributed by atoms with van der Waals surface area (Å²) in [5, 5.41) is 7.95. The highest BCUT2D eigenvalue weighted by Gasteiger charge is 2.18. The molecule has 102 valence electrons. The minimum Gasteiger partial charge on any atom is -0.271 e. The van der Waals surface area contributed by atoms with E-state index >= 15 is 0 Å². The van der Waals surface area contributed by atoms with Gasteiger partial charge in [-0.15, -0.1) is 5.10 Å². The first-order chi connectivity index (χ1) is 9.17. The lowest BCUT2D eigenvalue weighted by Crippen LogP contribution is -2.30. The van der Waals surface area contributed by atoms with E-state index in [1.54, 1.807) is 23.0 Å². The molecule has 0 saturated carbocycles. The molecule has 0 bridgehead atoms. The molecule has 0 aliphatic heterocycles. The molecule has 0 aliphatic carbocycles. The van der Waals surface area contributed by atoms with Crippen molar-refractivity contribution in [2.24, 2.45) is 5.84 Å². The lowest BCUT2D eigenvalue weighted by Gasteiger charge is -2.17. The van der Waals surface area contributed by atoms with Crippen molar-refractivity contribution in [1.82, 2.24) is 20.4 Å². The van der Waals surface area contributed by atoms with Gasteiger partial charge in [0.1, 0.15) is 5.82 Å². The summed E-state index contributed by atoms with van der Waals surface area (Å²) in [6.07, 6.45) is 2.56. The van der Waals surface area contributed by atoms with Gasteiger partial charge in [0.05, 0.1) is 23.0 Å². The van der Waals surface area contributed by atoms with Crippen molar-refractivity contribution in [2.45, 2.75) is 25.9 Å². The van der Waals surface area contributed by atoms with Crippen LogP contribution in [-0.2, 0) is 6.54 Å². The first-order valence-electron chi connectivity index (χ1n) is 5.96. The number of aryl methyl sites for hydroxylation is 1. The van der Waals surface area contributed by atoms with Gasteiger partial charge in [0.25, 0.3) is 0 Å². The Balaban J connectivity index is 2.38. The van der Waals surface area contributed by atoms with E-state index < -0.39 is 5.82 Å². The van der Waals surface area contributed by atoms with E-state index in [-0.39, 0.29) is 11.1 Å². The number of rotatable bonds is 5. The Bertz CT molecular complexity index is 557. The average molecular weight is 284 g/mol. The summed E-state index contributed by atoms with van der Waals surface area (Å²) in [5.74, 6) is 5.14. The second-order valence-corrected chi connectivity index (χ2v) is 4.56. The number of benzene rings is 1. The number of nitrogens with one attached hydrogen (secondary N) is 1. The van der Waals surface area contributed by atoms with Crippen LogP contribution in [-0.4, -0.2) is 15.0 Å². The van der Waals surface area contributed by atoms with Gasteiger partial charge in [-0.1, -0.05) is 29.8 Å². The van der Waals surface area contributed by atoms with Crippen LogP contribution >= 0.6 is 11.6 Å². The molecule has 0 aliphatic rings. The van der Waals surface area contributed by atoms with E-state index in [4.69, 9.17) is 17.4 Å². The van der Waals surface area contributed by atoms with Crippen molar-refractivity contribution in [3.8, 4) is 0 Å². The van der Waals surface area contributed by atoms with Gasteiger partial charge in [0.2, 0.25) is 0 Å². The second-order valence-electron chi connectivity index (χ2n) is 4.16. The third kappa shape index (κ3) is 2.91. The van der Waals surface area contributed by atoms with Crippen molar-refractivity contribution in [2.75, 3.05) is 0 Å². The molecule has 0 spiro atoms. The Morgan fingerprint density at radius 1 is 1.53 bits per heavy atom. The van der Waals surface area contributed by atoms with Crippen LogP contribution in [0.15, 0.2) is 24.4 Å². The Labute approximate surface area is 115 Å². The maximum absolute atomic E-state index is 13.2. The molecule has 7 heteroatoms. The summed E-state index contributed by atoms with van der Waals surface area (Å²) < 4.78 is 15.0. The Morgan fingerprint density at radius 3 is 2.95 bits per heavy atom. The maximum Gasteiger partial charge on any atom is 0.141 e. The molecule has 0 amide bonds. The SMILES string of the molecule is CCCn1nncc1C(NN)c1ccc(F)c(Cl)c1. The molecule has 3 N–H and O–H groups in total. The lowest BCUT2D eigenvalue weighted by atomic mass is 10.0. The molecule has 0 radical (unpaired) electrons. The van der Waals surface area contributed by atoms with Gasteiger partial charge in [-0.2, -0.15) is 0 Å². The Kier molecular flexibility index (Phi) is 4.47. The van der Waals surface area contributed by atoms with Crippen LogP contribution in [0.2, 0.25) is 5.02 Å². The lowest BCUT2D eigenvalue weighted by molar-refractivity contribution is 0.511. The number of halogens is 2. The molecule has 19 heavy (non-hydrogen) atoms. The van der Waals surface area contributed by atoms with Crippen LogP contribution in [0, 0.1) is 5.82 Å². The zero-order valence-corrected chi connectivity index (χ0v) is 11.2. The highest BCUT2D eigenvalue weighted by Crippen LogP contribution is 2.25. The van der Waals surface area contributed by atoms with Gasteiger partial charge in [-0.05, 0) is 24.1 Å². The molecular formula is C12H15ClFN5. The summed E-state index contributed by atoms with van der Waals surface area (Å²) in [6.45, 7) is 2.79. The van der Waals surface area contributed by atoms with Crippen LogP contribution in [0.4, 0.5) is 4.39 Å². The molecule has 0 saturated heterocycles. The van der Waals surface area contributed by atoms with E-state index in [2.05, 4.69) is 15.7 Å². The second kappa shape index (κ2) is 6.10. The highest BCUT2D eigenvalue weighted by atomic mass is 35.5. The predicted molar refractivity (Wildman–Crippen MR) is 70.9 cm³/mol. The van der Waals surface area contributed by atoms with Crippen LogP contribution in [0.1, 0.15) is 30.6 Å². The molecule has 0 fully saturated rings. The predicted octanol–water partition coefficient (Wildman–Crippen LogP) is 2.03. The molecule has 5 nitrogen and oxygen atoms in total. The Morgan fingerprint density at radius 2 is 2.32 bits per heavy atom. The molecule has 1 aromatic heterocycles. The van der Waals surface area contributed by atoms with Gasteiger partial charge in [0.15, 0.2) is 0 Å². The molecule has 2 aromatic rings. The molecule has 1 atom stereocenters. The zero-order chi connectivity index (χ0) is 13.8. The van der Waals surface area contributed by atoms with Crippen molar-refractivity contribution >= 4 is 11.6 Å².